The summed E-state index contributed by atoms with van der Waals surface area (Å²) in [6, 6.07) is 7.07. The van der Waals surface area contributed by atoms with Crippen molar-refractivity contribution >= 4 is 34.6 Å². The number of rotatable bonds is 1. The maximum absolute atomic E-state index is 14.1. The fraction of sp³-hybridized carbons (Fsp3) is 0.556. The Hall–Kier alpha value is -3.16. The van der Waals surface area contributed by atoms with Crippen LogP contribution in [0.25, 0.3) is 10.9 Å². The Morgan fingerprint density at radius 2 is 1.69 bits per heavy atom. The third kappa shape index (κ3) is 2.74. The van der Waals surface area contributed by atoms with Gasteiger partial charge in [0, 0.05) is 31.9 Å². The molecule has 35 heavy (non-hydrogen) atoms. The zero-order chi connectivity index (χ0) is 25.1. The fourth-order valence-corrected chi connectivity index (χ4v) is 8.10. The summed E-state index contributed by atoms with van der Waals surface area (Å²) < 4.78 is 5.42. The monoisotopic (exact) mass is 476 g/mol. The van der Waals surface area contributed by atoms with Crippen LogP contribution in [0.15, 0.2) is 24.3 Å². The first-order valence-corrected chi connectivity index (χ1v) is 12.3. The molecule has 0 unspecified atom stereocenters. The van der Waals surface area contributed by atoms with Gasteiger partial charge in [0.25, 0.3) is 0 Å². The Morgan fingerprint density at radius 1 is 1.00 bits per heavy atom. The molecule has 0 N–H and O–H groups in total. The first kappa shape index (κ1) is 22.3. The van der Waals surface area contributed by atoms with Crippen LogP contribution in [0.1, 0.15) is 45.6 Å². The van der Waals surface area contributed by atoms with Gasteiger partial charge in [-0.2, -0.15) is 0 Å². The highest BCUT2D eigenvalue weighted by Crippen LogP contribution is 2.64. The number of benzene rings is 1. The lowest BCUT2D eigenvalue weighted by molar-refractivity contribution is -0.161. The highest BCUT2D eigenvalue weighted by molar-refractivity contribution is 6.20. The number of carbonyl (C=O) groups excluding carboxylic acids is 3. The van der Waals surface area contributed by atoms with Gasteiger partial charge in [0.05, 0.1) is 18.7 Å². The number of ether oxygens (including phenoxy) is 1. The molecule has 4 amide bonds. The van der Waals surface area contributed by atoms with Crippen molar-refractivity contribution in [3.8, 4) is 5.75 Å². The largest absolute Gasteiger partial charge is 0.497 e. The number of methoxy groups -OCH3 is 1. The van der Waals surface area contributed by atoms with Crippen LogP contribution in [0, 0.1) is 16.2 Å². The third-order valence-corrected chi connectivity index (χ3v) is 8.91. The number of aromatic nitrogens is 1. The quantitative estimate of drug-likeness (QED) is 0.585. The van der Waals surface area contributed by atoms with Crippen molar-refractivity contribution in [2.75, 3.05) is 26.1 Å². The highest BCUT2D eigenvalue weighted by atomic mass is 16.5. The van der Waals surface area contributed by atoms with Crippen molar-refractivity contribution in [3.05, 3.63) is 29.8 Å². The second-order valence-corrected chi connectivity index (χ2v) is 12.1. The van der Waals surface area contributed by atoms with Crippen molar-refractivity contribution < 1.29 is 19.1 Å². The molecule has 3 fully saturated rings. The van der Waals surface area contributed by atoms with Crippen LogP contribution in [0.2, 0.25) is 0 Å². The van der Waals surface area contributed by atoms with Crippen LogP contribution in [-0.2, 0) is 16.0 Å². The minimum Gasteiger partial charge on any atom is -0.497 e. The summed E-state index contributed by atoms with van der Waals surface area (Å²) in [4.78, 5) is 50.6. The standard InChI is InChI=1S/C27H32N4O4/c1-25(2)12-17-13-26(3,14-25)21-27(22(32)29(4)24(34)30(5)23(27)33)11-16-9-15-10-18(35-6)7-8-19(15)28-20(16)31(17)21/h7-10,17,21H,11-14H2,1-6H3/t17-,21+,26-/m1/s1. The average Bonchev–Trinajstić information content (AvgIpc) is 3.04. The zero-order valence-corrected chi connectivity index (χ0v) is 21.2. The van der Waals surface area contributed by atoms with Crippen LogP contribution in [-0.4, -0.2) is 65.9 Å². The minimum atomic E-state index is -1.37. The van der Waals surface area contributed by atoms with Crippen LogP contribution < -0.4 is 9.64 Å². The van der Waals surface area contributed by atoms with Crippen molar-refractivity contribution in [2.24, 2.45) is 16.2 Å². The summed E-state index contributed by atoms with van der Waals surface area (Å²) in [5.74, 6) is 0.795. The maximum Gasteiger partial charge on any atom is 0.332 e. The fourth-order valence-electron chi connectivity index (χ4n) is 8.10. The Kier molecular flexibility index (Phi) is 4.30. The minimum absolute atomic E-state index is 0.0644. The molecule has 1 spiro atoms. The molecule has 4 heterocycles. The van der Waals surface area contributed by atoms with Gasteiger partial charge in [-0.3, -0.25) is 19.4 Å². The molecule has 8 heteroatoms. The summed E-state index contributed by atoms with van der Waals surface area (Å²) in [5, 5.41) is 0.902. The number of imide groups is 2. The molecule has 8 nitrogen and oxygen atoms in total. The summed E-state index contributed by atoms with van der Waals surface area (Å²) in [7, 11) is 4.61. The van der Waals surface area contributed by atoms with E-state index >= 15 is 0 Å². The van der Waals surface area contributed by atoms with Crippen molar-refractivity contribution in [1.29, 1.82) is 0 Å². The van der Waals surface area contributed by atoms with E-state index in [0.29, 0.717) is 0 Å². The predicted molar refractivity (Wildman–Crippen MR) is 131 cm³/mol. The summed E-state index contributed by atoms with van der Waals surface area (Å²) in [6.45, 7) is 6.77. The first-order chi connectivity index (χ1) is 16.4. The smallest absolute Gasteiger partial charge is 0.332 e. The average molecular weight is 477 g/mol. The second kappa shape index (κ2) is 6.74. The van der Waals surface area contributed by atoms with Gasteiger partial charge >= 0.3 is 6.03 Å². The van der Waals surface area contributed by atoms with Gasteiger partial charge in [-0.1, -0.05) is 20.8 Å². The molecule has 0 radical (unpaired) electrons. The summed E-state index contributed by atoms with van der Waals surface area (Å²) >= 11 is 0. The van der Waals surface area contributed by atoms with Gasteiger partial charge in [-0.05, 0) is 59.9 Å². The van der Waals surface area contributed by atoms with E-state index in [-0.39, 0.29) is 29.3 Å². The van der Waals surface area contributed by atoms with Gasteiger partial charge in [-0.25, -0.2) is 9.78 Å². The number of fused-ring (bicyclic) bond motifs is 9. The molecule has 184 valence electrons. The molecular formula is C27H32N4O4. The number of carbonyl (C=O) groups is 3. The second-order valence-electron chi connectivity index (χ2n) is 12.1. The number of hydrogen-bond acceptors (Lipinski definition) is 6. The summed E-state index contributed by atoms with van der Waals surface area (Å²) in [6.07, 6.45) is 2.99. The number of nitrogens with zero attached hydrogens (tertiary/aromatic N) is 4. The molecule has 1 aromatic heterocycles. The summed E-state index contributed by atoms with van der Waals surface area (Å²) in [5.41, 5.74) is 0.149. The number of pyridine rings is 1. The van der Waals surface area contributed by atoms with Gasteiger partial charge in [0.1, 0.15) is 11.6 Å². The van der Waals surface area contributed by atoms with E-state index in [9.17, 15) is 14.4 Å². The Labute approximate surface area is 205 Å². The highest BCUT2D eigenvalue weighted by Gasteiger charge is 2.72. The Morgan fingerprint density at radius 3 is 2.34 bits per heavy atom. The maximum atomic E-state index is 14.1. The van der Waals surface area contributed by atoms with Gasteiger partial charge in [0.2, 0.25) is 11.8 Å². The number of barbiturate groups is 1. The van der Waals surface area contributed by atoms with Gasteiger partial charge < -0.3 is 9.64 Å². The van der Waals surface area contributed by atoms with Crippen molar-refractivity contribution in [2.45, 2.75) is 58.5 Å². The lowest BCUT2D eigenvalue weighted by Crippen LogP contribution is -2.72. The van der Waals surface area contributed by atoms with E-state index in [2.05, 4.69) is 25.7 Å². The van der Waals surface area contributed by atoms with Crippen LogP contribution in [0.3, 0.4) is 0 Å². The normalized spacial score (nSPS) is 30.7. The molecule has 2 saturated heterocycles. The number of anilines is 1. The molecule has 1 aliphatic carbocycles. The molecule has 2 aromatic rings. The Balaban J connectivity index is 1.64. The predicted octanol–water partition coefficient (Wildman–Crippen LogP) is 3.61. The van der Waals surface area contributed by atoms with Crippen molar-refractivity contribution in [1.82, 2.24) is 14.8 Å². The van der Waals surface area contributed by atoms with Crippen LogP contribution >= 0.6 is 0 Å². The molecule has 2 bridgehead atoms. The number of hydrogen-bond donors (Lipinski definition) is 0. The van der Waals surface area contributed by atoms with Gasteiger partial charge in [-0.15, -0.1) is 0 Å². The lowest BCUT2D eigenvalue weighted by atomic mass is 9.56. The molecule has 3 atom stereocenters. The number of amides is 4. The van der Waals surface area contributed by atoms with Crippen LogP contribution in [0.5, 0.6) is 5.75 Å². The van der Waals surface area contributed by atoms with E-state index in [1.54, 1.807) is 7.11 Å². The molecule has 4 aliphatic rings. The van der Waals surface area contributed by atoms with E-state index in [1.165, 1.54) is 14.1 Å². The van der Waals surface area contributed by atoms with Crippen molar-refractivity contribution in [3.63, 3.8) is 0 Å². The SMILES string of the molecule is COc1ccc2nc3c(cc2c1)CC1(C(=O)N(C)C(=O)N(C)C1=O)[C@H]1N3[C@@H]2CC(C)(C)C[C@@]1(C)C2. The topological polar surface area (TPSA) is 83.0 Å². The van der Waals surface area contributed by atoms with E-state index in [1.807, 2.05) is 24.3 Å². The first-order valence-electron chi connectivity index (χ1n) is 12.3. The molecule has 1 saturated carbocycles. The Bertz CT molecular complexity index is 1300. The zero-order valence-electron chi connectivity index (χ0n) is 21.2. The molecule has 1 aromatic carbocycles. The molecule has 3 aliphatic heterocycles. The van der Waals surface area contributed by atoms with E-state index in [0.717, 1.165) is 57.1 Å². The van der Waals surface area contributed by atoms with Gasteiger partial charge in [0.15, 0.2) is 5.41 Å². The molecular weight excluding hydrogens is 444 g/mol. The van der Waals surface area contributed by atoms with E-state index in [4.69, 9.17) is 9.72 Å². The van der Waals surface area contributed by atoms with E-state index < -0.39 is 23.3 Å². The lowest BCUT2D eigenvalue weighted by Gasteiger charge is -2.54. The molecule has 6 rings (SSSR count). The van der Waals surface area contributed by atoms with Crippen LogP contribution in [0.4, 0.5) is 10.6 Å². The third-order valence-electron chi connectivity index (χ3n) is 8.91. The number of urea groups is 1.